The van der Waals surface area contributed by atoms with E-state index in [9.17, 15) is 0 Å². The van der Waals surface area contributed by atoms with Gasteiger partial charge in [-0.2, -0.15) is 0 Å². The maximum atomic E-state index is 2.31. The van der Waals surface area contributed by atoms with Crippen molar-refractivity contribution in [2.75, 3.05) is 19.6 Å². The number of rotatable bonds is 26. The number of likely N-dealkylation sites (tertiary alicyclic amines) is 1. The lowest BCUT2D eigenvalue weighted by atomic mass is 9.92. The van der Waals surface area contributed by atoms with Crippen LogP contribution < -0.4 is 17.3 Å². The van der Waals surface area contributed by atoms with Crippen molar-refractivity contribution in [3.05, 3.63) is 0 Å². The van der Waals surface area contributed by atoms with Crippen LogP contribution in [0, 0.1) is 5.92 Å². The summed E-state index contributed by atoms with van der Waals surface area (Å²) in [6.45, 7) is 9.05. The van der Waals surface area contributed by atoms with E-state index < -0.39 is 0 Å². The molecule has 0 aromatic rings. The zero-order valence-electron chi connectivity index (χ0n) is 24.7. The number of halogens is 1. The van der Waals surface area contributed by atoms with Gasteiger partial charge in [-0.3, -0.25) is 0 Å². The Morgan fingerprint density at radius 2 is 0.857 bits per heavy atom. The molecule has 0 amide bonds. The van der Waals surface area contributed by atoms with Gasteiger partial charge in [-0.1, -0.05) is 155 Å². The number of nitrogens with one attached hydrogen (secondary N) is 1. The first kappa shape index (κ1) is 35.2. The van der Waals surface area contributed by atoms with E-state index in [1.807, 2.05) is 4.90 Å². The molecule has 1 heterocycles. The molecule has 1 nitrogen and oxygen atoms in total. The van der Waals surface area contributed by atoms with Crippen molar-refractivity contribution < 1.29 is 17.3 Å². The van der Waals surface area contributed by atoms with Crippen molar-refractivity contribution in [1.82, 2.24) is 0 Å². The smallest absolute Gasteiger partial charge is 0.0799 e. The highest BCUT2D eigenvalue weighted by Crippen LogP contribution is 2.18. The van der Waals surface area contributed by atoms with Crippen molar-refractivity contribution in [2.45, 2.75) is 187 Å². The van der Waals surface area contributed by atoms with Gasteiger partial charge in [0.15, 0.2) is 0 Å². The number of hydrogen-bond donors (Lipinski definition) is 1. The third-order valence-electron chi connectivity index (χ3n) is 8.57. The molecule has 0 radical (unpaired) electrons. The predicted molar refractivity (Wildman–Crippen MR) is 155 cm³/mol. The van der Waals surface area contributed by atoms with Crippen LogP contribution in [0.25, 0.3) is 0 Å². The first-order valence-corrected chi connectivity index (χ1v) is 16.7. The van der Waals surface area contributed by atoms with Crippen LogP contribution in [0.2, 0.25) is 0 Å². The summed E-state index contributed by atoms with van der Waals surface area (Å²) in [6, 6.07) is 0. The van der Waals surface area contributed by atoms with E-state index in [-0.39, 0.29) is 12.4 Å². The van der Waals surface area contributed by atoms with Crippen molar-refractivity contribution in [2.24, 2.45) is 5.92 Å². The van der Waals surface area contributed by atoms with Crippen LogP contribution in [0.15, 0.2) is 0 Å². The van der Waals surface area contributed by atoms with Crippen molar-refractivity contribution in [3.8, 4) is 0 Å². The molecule has 1 fully saturated rings. The molecule has 1 aliphatic heterocycles. The summed E-state index contributed by atoms with van der Waals surface area (Å²) in [7, 11) is 0. The number of hydrogen-bond acceptors (Lipinski definition) is 0. The summed E-state index contributed by atoms with van der Waals surface area (Å²) in [5, 5.41) is 0. The minimum Gasteiger partial charge on any atom is -1.00 e. The second-order valence-corrected chi connectivity index (χ2v) is 12.0. The molecule has 0 spiro atoms. The van der Waals surface area contributed by atoms with Gasteiger partial charge in [0.05, 0.1) is 19.6 Å². The summed E-state index contributed by atoms with van der Waals surface area (Å²) in [5.74, 6) is 1.05. The fourth-order valence-electron chi connectivity index (χ4n) is 6.22. The molecular formula is C33H68ClN. The van der Waals surface area contributed by atoms with Gasteiger partial charge in [-0.05, 0) is 32.1 Å². The molecule has 2 atom stereocenters. The Labute approximate surface area is 229 Å². The van der Waals surface area contributed by atoms with Gasteiger partial charge in [0.25, 0.3) is 0 Å². The Bertz CT molecular complexity index is 351. The fraction of sp³-hybridized carbons (Fsp3) is 1.00. The van der Waals surface area contributed by atoms with E-state index >= 15 is 0 Å². The van der Waals surface area contributed by atoms with Crippen LogP contribution in [0.5, 0.6) is 0 Å². The number of piperidine rings is 1. The third kappa shape index (κ3) is 24.3. The van der Waals surface area contributed by atoms with Crippen LogP contribution in [0.3, 0.4) is 0 Å². The Morgan fingerprint density at radius 3 is 1.29 bits per heavy atom. The van der Waals surface area contributed by atoms with E-state index in [0.717, 1.165) is 5.92 Å². The van der Waals surface area contributed by atoms with Gasteiger partial charge in [-0.25, -0.2) is 0 Å². The molecule has 0 bridgehead atoms. The summed E-state index contributed by atoms with van der Waals surface area (Å²) in [4.78, 5) is 1.95. The van der Waals surface area contributed by atoms with Gasteiger partial charge in [0, 0.05) is 5.92 Å². The molecule has 2 heteroatoms. The molecule has 1 saturated heterocycles. The molecule has 212 valence electrons. The Morgan fingerprint density at radius 1 is 0.486 bits per heavy atom. The quantitative estimate of drug-likeness (QED) is 0.118. The second kappa shape index (κ2) is 28.8. The molecule has 1 rings (SSSR count). The lowest BCUT2D eigenvalue weighted by molar-refractivity contribution is -0.909. The maximum absolute atomic E-state index is 2.31. The van der Waals surface area contributed by atoms with Gasteiger partial charge in [0.2, 0.25) is 0 Å². The second-order valence-electron chi connectivity index (χ2n) is 12.0. The van der Waals surface area contributed by atoms with Gasteiger partial charge >= 0.3 is 0 Å². The predicted octanol–water partition coefficient (Wildman–Crippen LogP) is 7.08. The minimum absolute atomic E-state index is 0. The molecular weight excluding hydrogens is 446 g/mol. The molecule has 0 saturated carbocycles. The van der Waals surface area contributed by atoms with Gasteiger partial charge in [-0.15, -0.1) is 0 Å². The van der Waals surface area contributed by atoms with E-state index in [4.69, 9.17) is 0 Å². The summed E-state index contributed by atoms with van der Waals surface area (Å²) >= 11 is 0. The summed E-state index contributed by atoms with van der Waals surface area (Å²) in [6.07, 6.45) is 40.0. The highest BCUT2D eigenvalue weighted by Gasteiger charge is 2.22. The van der Waals surface area contributed by atoms with E-state index in [0.29, 0.717) is 0 Å². The number of quaternary nitrogens is 1. The van der Waals surface area contributed by atoms with Crippen LogP contribution in [-0.2, 0) is 0 Å². The van der Waals surface area contributed by atoms with Crippen LogP contribution in [0.4, 0.5) is 0 Å². The highest BCUT2D eigenvalue weighted by atomic mass is 35.5. The Kier molecular flexibility index (Phi) is 29.0. The van der Waals surface area contributed by atoms with Crippen molar-refractivity contribution in [1.29, 1.82) is 0 Å². The van der Waals surface area contributed by atoms with Crippen molar-refractivity contribution in [3.63, 3.8) is 0 Å². The van der Waals surface area contributed by atoms with Crippen LogP contribution >= 0.6 is 0 Å². The van der Waals surface area contributed by atoms with E-state index in [1.54, 1.807) is 0 Å². The molecule has 2 unspecified atom stereocenters. The van der Waals surface area contributed by atoms with Crippen LogP contribution in [0.1, 0.15) is 187 Å². The van der Waals surface area contributed by atoms with Crippen molar-refractivity contribution >= 4 is 0 Å². The maximum Gasteiger partial charge on any atom is 0.0799 e. The largest absolute Gasteiger partial charge is 1.00 e. The normalized spacial score (nSPS) is 18.0. The summed E-state index contributed by atoms with van der Waals surface area (Å²) < 4.78 is 0. The van der Waals surface area contributed by atoms with Gasteiger partial charge < -0.3 is 17.3 Å². The van der Waals surface area contributed by atoms with E-state index in [1.165, 1.54) is 193 Å². The SMILES string of the molecule is CCCCCCCCCCCCCCC1CCC[NH+](CCCCCCCCCCCCCC)C1.[Cl-]. The topological polar surface area (TPSA) is 4.44 Å². The Balaban J connectivity index is 0.0000116. The lowest BCUT2D eigenvalue weighted by Crippen LogP contribution is -3.13. The number of unbranched alkanes of at least 4 members (excludes halogenated alkanes) is 22. The average Bonchev–Trinajstić information content (AvgIpc) is 2.85. The molecule has 1 N–H and O–H groups in total. The third-order valence-corrected chi connectivity index (χ3v) is 8.57. The van der Waals surface area contributed by atoms with Crippen LogP contribution in [-0.4, -0.2) is 19.6 Å². The van der Waals surface area contributed by atoms with E-state index in [2.05, 4.69) is 13.8 Å². The first-order chi connectivity index (χ1) is 16.9. The average molecular weight is 514 g/mol. The molecule has 35 heavy (non-hydrogen) atoms. The molecule has 0 aromatic heterocycles. The lowest BCUT2D eigenvalue weighted by Gasteiger charge is -2.30. The highest BCUT2D eigenvalue weighted by molar-refractivity contribution is 4.63. The summed E-state index contributed by atoms with van der Waals surface area (Å²) in [5.41, 5.74) is 0. The zero-order chi connectivity index (χ0) is 24.4. The first-order valence-electron chi connectivity index (χ1n) is 16.7. The Hall–Kier alpha value is 0.250. The van der Waals surface area contributed by atoms with Gasteiger partial charge in [0.1, 0.15) is 0 Å². The minimum atomic E-state index is 0. The molecule has 1 aliphatic rings. The standard InChI is InChI=1S/C33H67N.ClH/c1-3-5-7-9-11-13-15-17-19-21-23-25-28-33-29-27-31-34(32-33)30-26-24-22-20-18-16-14-12-10-8-6-4-2;/h33H,3-32H2,1-2H3;1H. The zero-order valence-corrected chi connectivity index (χ0v) is 25.4. The molecule has 0 aromatic carbocycles. The molecule has 0 aliphatic carbocycles. The monoisotopic (exact) mass is 514 g/mol. The fourth-order valence-corrected chi connectivity index (χ4v) is 6.22.